The first-order chi connectivity index (χ1) is 16.5. The third-order valence-electron chi connectivity index (χ3n) is 6.34. The van der Waals surface area contributed by atoms with Gasteiger partial charge in [0.2, 0.25) is 5.91 Å². The number of aryl methyl sites for hydroxylation is 1. The van der Waals surface area contributed by atoms with Crippen LogP contribution >= 0.6 is 0 Å². The molecule has 2 heterocycles. The van der Waals surface area contributed by atoms with E-state index < -0.39 is 24.0 Å². The molecule has 3 atom stereocenters. The number of amides is 1. The van der Waals surface area contributed by atoms with Gasteiger partial charge in [0.1, 0.15) is 6.04 Å². The molecule has 1 amide bonds. The van der Waals surface area contributed by atoms with E-state index in [4.69, 9.17) is 0 Å². The van der Waals surface area contributed by atoms with Crippen molar-refractivity contribution >= 4 is 18.1 Å². The molecule has 35 heavy (non-hydrogen) atoms. The van der Waals surface area contributed by atoms with Crippen molar-refractivity contribution in [3.8, 4) is 0 Å². The van der Waals surface area contributed by atoms with E-state index in [1.54, 1.807) is 18.5 Å². The van der Waals surface area contributed by atoms with E-state index in [-0.39, 0.29) is 17.9 Å². The molecule has 0 radical (unpaired) electrons. The number of hydrogen-bond acceptors (Lipinski definition) is 5. The molecule has 1 saturated heterocycles. The largest absolute Gasteiger partial charge is 0.481 e. The van der Waals surface area contributed by atoms with Gasteiger partial charge >= 0.3 is 5.97 Å². The van der Waals surface area contributed by atoms with Crippen molar-refractivity contribution in [1.29, 1.82) is 0 Å². The number of carbonyl (C=O) groups is 2. The average molecular weight is 485 g/mol. The van der Waals surface area contributed by atoms with Gasteiger partial charge in [0.25, 0.3) is 5.56 Å². The second-order valence-electron chi connectivity index (χ2n) is 9.92. The molecule has 2 rings (SSSR count). The van der Waals surface area contributed by atoms with Gasteiger partial charge in [0, 0.05) is 43.0 Å². The van der Waals surface area contributed by atoms with Crippen LogP contribution in [0.3, 0.4) is 0 Å². The van der Waals surface area contributed by atoms with E-state index in [9.17, 15) is 19.5 Å². The number of hydrogen-bond donors (Lipinski definition) is 2. The highest BCUT2D eigenvalue weighted by Gasteiger charge is 2.27. The average Bonchev–Trinajstić information content (AvgIpc) is 2.77. The van der Waals surface area contributed by atoms with Crippen molar-refractivity contribution < 1.29 is 14.7 Å². The summed E-state index contributed by atoms with van der Waals surface area (Å²) in [4.78, 5) is 44.0. The number of aliphatic carboxylic acids is 1. The molecule has 0 bridgehead atoms. The van der Waals surface area contributed by atoms with E-state index in [0.717, 1.165) is 30.6 Å². The lowest BCUT2D eigenvalue weighted by atomic mass is 10.0. The van der Waals surface area contributed by atoms with Crippen LogP contribution in [0.5, 0.6) is 0 Å². The van der Waals surface area contributed by atoms with Crippen LogP contribution in [-0.4, -0.2) is 51.3 Å². The van der Waals surface area contributed by atoms with Gasteiger partial charge < -0.3 is 19.9 Å². The Kier molecular flexibility index (Phi) is 10.5. The third-order valence-corrected chi connectivity index (χ3v) is 6.34. The predicted octanol–water partition coefficient (Wildman–Crippen LogP) is 4.07. The van der Waals surface area contributed by atoms with Crippen molar-refractivity contribution in [1.82, 2.24) is 14.8 Å². The zero-order valence-electron chi connectivity index (χ0n) is 21.7. The summed E-state index contributed by atoms with van der Waals surface area (Å²) < 4.78 is 1.41. The fraction of sp³-hybridized carbons (Fsp3) is 0.556. The van der Waals surface area contributed by atoms with Crippen molar-refractivity contribution in [2.75, 3.05) is 6.54 Å². The molecule has 8 nitrogen and oxygen atoms in total. The van der Waals surface area contributed by atoms with Gasteiger partial charge in [-0.25, -0.2) is 0 Å². The van der Waals surface area contributed by atoms with Crippen LogP contribution in [-0.2, 0) is 9.59 Å². The van der Waals surface area contributed by atoms with Gasteiger partial charge in [-0.05, 0) is 69.6 Å². The number of likely N-dealkylation sites (tertiary alicyclic amines) is 1. The molecular formula is C27H40N4O4. The number of allylic oxidation sites excluding steroid dienone is 1. The lowest BCUT2D eigenvalue weighted by molar-refractivity contribution is -0.137. The SMILES string of the molecule is C=C(C=N/C=C(\C)N1CCCC[C@@H]1C)[C@@H](CC(=O)O)NC(=O)[C@@H](CC(C)C)n1ccc(C)cc1=O. The van der Waals surface area contributed by atoms with Crippen LogP contribution < -0.4 is 10.9 Å². The molecule has 0 aromatic carbocycles. The normalized spacial score (nSPS) is 18.5. The topological polar surface area (TPSA) is 104 Å². The summed E-state index contributed by atoms with van der Waals surface area (Å²) in [6, 6.07) is 2.12. The lowest BCUT2D eigenvalue weighted by Crippen LogP contribution is -2.44. The molecule has 2 N–H and O–H groups in total. The van der Waals surface area contributed by atoms with Crippen molar-refractivity contribution in [3.63, 3.8) is 0 Å². The highest BCUT2D eigenvalue weighted by atomic mass is 16.4. The lowest BCUT2D eigenvalue weighted by Gasteiger charge is -2.35. The van der Waals surface area contributed by atoms with Crippen LogP contribution in [0.1, 0.15) is 71.4 Å². The van der Waals surface area contributed by atoms with Gasteiger partial charge in [0.15, 0.2) is 0 Å². The summed E-state index contributed by atoms with van der Waals surface area (Å²) in [5.41, 5.74) is 1.96. The summed E-state index contributed by atoms with van der Waals surface area (Å²) in [5, 5.41) is 12.2. The quantitative estimate of drug-likeness (QED) is 0.461. The molecule has 8 heteroatoms. The number of nitrogens with one attached hydrogen (secondary N) is 1. The number of carboxylic acid groups (broad SMARTS) is 1. The number of nitrogens with zero attached hydrogens (tertiary/aromatic N) is 3. The van der Waals surface area contributed by atoms with Crippen LogP contribution in [0, 0.1) is 12.8 Å². The molecule has 1 fully saturated rings. The highest BCUT2D eigenvalue weighted by molar-refractivity contribution is 5.86. The Morgan fingerprint density at radius 3 is 2.66 bits per heavy atom. The van der Waals surface area contributed by atoms with Crippen LogP contribution in [0.2, 0.25) is 0 Å². The van der Waals surface area contributed by atoms with E-state index in [1.807, 2.05) is 27.7 Å². The van der Waals surface area contributed by atoms with Gasteiger partial charge in [-0.3, -0.25) is 19.4 Å². The number of rotatable bonds is 11. The van der Waals surface area contributed by atoms with Gasteiger partial charge in [-0.1, -0.05) is 20.4 Å². The van der Waals surface area contributed by atoms with Crippen LogP contribution in [0.15, 0.2) is 52.2 Å². The Balaban J connectivity index is 2.20. The number of piperidine rings is 1. The predicted molar refractivity (Wildman–Crippen MR) is 140 cm³/mol. The maximum Gasteiger partial charge on any atom is 0.305 e. The number of aliphatic imine (C=N–C) groups is 1. The van der Waals surface area contributed by atoms with Crippen molar-refractivity contribution in [2.45, 2.75) is 84.8 Å². The second-order valence-corrected chi connectivity index (χ2v) is 9.92. The Morgan fingerprint density at radius 1 is 1.34 bits per heavy atom. The first kappa shape index (κ1) is 28.1. The van der Waals surface area contributed by atoms with Gasteiger partial charge in [-0.15, -0.1) is 0 Å². The minimum atomic E-state index is -1.06. The fourth-order valence-electron chi connectivity index (χ4n) is 4.38. The zero-order valence-corrected chi connectivity index (χ0v) is 21.7. The molecule has 0 aliphatic carbocycles. The van der Waals surface area contributed by atoms with Crippen LogP contribution in [0.25, 0.3) is 0 Å². The molecule has 1 aliphatic rings. The van der Waals surface area contributed by atoms with Crippen molar-refractivity contribution in [2.24, 2.45) is 10.9 Å². The van der Waals surface area contributed by atoms with Crippen LogP contribution in [0.4, 0.5) is 0 Å². The first-order valence-electron chi connectivity index (χ1n) is 12.4. The molecular weight excluding hydrogens is 444 g/mol. The third kappa shape index (κ3) is 8.53. The Morgan fingerprint density at radius 2 is 2.06 bits per heavy atom. The van der Waals surface area contributed by atoms with E-state index in [0.29, 0.717) is 18.0 Å². The standard InChI is InChI=1S/C27H40N4O4/c1-18(2)13-24(31-12-10-19(3)14-25(31)32)27(35)29-23(15-26(33)34)20(4)16-28-17-22(6)30-11-8-7-9-21(30)5/h10,12,14,16-18,21,23-24H,4,7-9,11,13,15H2,1-3,5-6H3,(H,29,35)(H,33,34)/b22-17+,28-16?/t21-,23+,24+/m0/s1. The second kappa shape index (κ2) is 13.1. The summed E-state index contributed by atoms with van der Waals surface area (Å²) in [5.74, 6) is -1.34. The minimum absolute atomic E-state index is 0.145. The molecule has 1 aliphatic heterocycles. The summed E-state index contributed by atoms with van der Waals surface area (Å²) in [6.45, 7) is 14.9. The van der Waals surface area contributed by atoms with E-state index >= 15 is 0 Å². The Hall–Kier alpha value is -3.16. The fourth-order valence-corrected chi connectivity index (χ4v) is 4.38. The maximum atomic E-state index is 13.3. The van der Waals surface area contributed by atoms with E-state index in [2.05, 4.69) is 28.7 Å². The number of pyridine rings is 1. The molecule has 1 aromatic heterocycles. The smallest absolute Gasteiger partial charge is 0.305 e. The molecule has 0 saturated carbocycles. The van der Waals surface area contributed by atoms with Crippen molar-refractivity contribution in [3.05, 3.63) is 58.3 Å². The number of carboxylic acids is 1. The molecule has 0 spiro atoms. The van der Waals surface area contributed by atoms with Gasteiger partial charge in [0.05, 0.1) is 12.5 Å². The monoisotopic (exact) mass is 484 g/mol. The summed E-state index contributed by atoms with van der Waals surface area (Å²) >= 11 is 0. The summed E-state index contributed by atoms with van der Waals surface area (Å²) in [6.07, 6.45) is 8.50. The number of carbonyl (C=O) groups excluding carboxylic acids is 1. The van der Waals surface area contributed by atoms with Gasteiger partial charge in [-0.2, -0.15) is 0 Å². The zero-order chi connectivity index (χ0) is 26.1. The van der Waals surface area contributed by atoms with E-state index in [1.165, 1.54) is 23.3 Å². The Labute approximate surface area is 208 Å². The highest BCUT2D eigenvalue weighted by Crippen LogP contribution is 2.21. The number of aromatic nitrogens is 1. The molecule has 1 aromatic rings. The first-order valence-corrected chi connectivity index (χ1v) is 12.4. The minimum Gasteiger partial charge on any atom is -0.481 e. The molecule has 192 valence electrons. The summed E-state index contributed by atoms with van der Waals surface area (Å²) in [7, 11) is 0. The Bertz CT molecular complexity index is 1020. The maximum absolute atomic E-state index is 13.3. The molecule has 0 unspecified atom stereocenters.